The summed E-state index contributed by atoms with van der Waals surface area (Å²) in [7, 11) is 3.88. The van der Waals surface area contributed by atoms with Crippen molar-refractivity contribution in [3.8, 4) is 0 Å². The zero-order chi connectivity index (χ0) is 13.7. The van der Waals surface area contributed by atoms with E-state index < -0.39 is 11.9 Å². The van der Waals surface area contributed by atoms with Gasteiger partial charge in [-0.2, -0.15) is 0 Å². The molecule has 0 aliphatic carbocycles. The van der Waals surface area contributed by atoms with Gasteiger partial charge >= 0.3 is 0 Å². The number of halogens is 2. The highest BCUT2D eigenvalue weighted by molar-refractivity contribution is 9.10. The van der Waals surface area contributed by atoms with Gasteiger partial charge < -0.3 is 16.0 Å². The van der Waals surface area contributed by atoms with Crippen molar-refractivity contribution in [1.82, 2.24) is 10.2 Å². The number of hydrogen-bond acceptors (Lipinski definition) is 3. The number of primary amides is 1. The molecule has 18 heavy (non-hydrogen) atoms. The first kappa shape index (κ1) is 15.1. The number of nitrogens with one attached hydrogen (secondary N) is 1. The van der Waals surface area contributed by atoms with Crippen LogP contribution in [0.5, 0.6) is 0 Å². The lowest BCUT2D eigenvalue weighted by Gasteiger charge is -2.18. The highest BCUT2D eigenvalue weighted by Gasteiger charge is 2.18. The molecule has 6 heteroatoms. The van der Waals surface area contributed by atoms with Crippen molar-refractivity contribution in [1.29, 1.82) is 0 Å². The summed E-state index contributed by atoms with van der Waals surface area (Å²) < 4.78 is 13.5. The van der Waals surface area contributed by atoms with Gasteiger partial charge in [0, 0.05) is 13.1 Å². The molecule has 1 rings (SSSR count). The van der Waals surface area contributed by atoms with Crippen molar-refractivity contribution in [3.63, 3.8) is 0 Å². The molecule has 4 nitrogen and oxygen atoms in total. The maximum Gasteiger partial charge on any atom is 0.239 e. The summed E-state index contributed by atoms with van der Waals surface area (Å²) in [6, 6.07) is 3.82. The van der Waals surface area contributed by atoms with Gasteiger partial charge in [-0.15, -0.1) is 0 Å². The molecule has 0 saturated carbocycles. The first-order valence-corrected chi connectivity index (χ1v) is 6.33. The summed E-state index contributed by atoms with van der Waals surface area (Å²) in [5.41, 5.74) is 6.00. The van der Waals surface area contributed by atoms with Crippen LogP contribution in [0.1, 0.15) is 11.6 Å². The second kappa shape index (κ2) is 6.82. The smallest absolute Gasteiger partial charge is 0.239 e. The van der Waals surface area contributed by atoms with E-state index in [1.54, 1.807) is 12.1 Å². The van der Waals surface area contributed by atoms with Crippen molar-refractivity contribution in [3.05, 3.63) is 34.1 Å². The molecular weight excluding hydrogens is 301 g/mol. The molecule has 0 aliphatic rings. The summed E-state index contributed by atoms with van der Waals surface area (Å²) >= 11 is 3.09. The number of carbonyl (C=O) groups excluding carboxylic acids is 1. The summed E-state index contributed by atoms with van der Waals surface area (Å²) in [4.78, 5) is 13.4. The molecule has 0 fully saturated rings. The lowest BCUT2D eigenvalue weighted by atomic mass is 10.1. The number of likely N-dealkylation sites (N-methyl/N-ethyl adjacent to an activating group) is 1. The molecule has 0 aliphatic heterocycles. The van der Waals surface area contributed by atoms with Gasteiger partial charge in [-0.25, -0.2) is 4.39 Å². The summed E-state index contributed by atoms with van der Waals surface area (Å²) in [6.45, 7) is 1.40. The maximum atomic E-state index is 13.1. The van der Waals surface area contributed by atoms with Crippen LogP contribution in [0.15, 0.2) is 22.7 Å². The van der Waals surface area contributed by atoms with Gasteiger partial charge in [0.1, 0.15) is 11.9 Å². The van der Waals surface area contributed by atoms with Crippen LogP contribution in [0.2, 0.25) is 0 Å². The third-order valence-electron chi connectivity index (χ3n) is 2.47. The van der Waals surface area contributed by atoms with Crippen LogP contribution in [0.3, 0.4) is 0 Å². The van der Waals surface area contributed by atoms with E-state index in [4.69, 9.17) is 5.73 Å². The molecule has 0 aromatic heterocycles. The first-order chi connectivity index (χ1) is 8.41. The van der Waals surface area contributed by atoms with E-state index in [2.05, 4.69) is 21.2 Å². The van der Waals surface area contributed by atoms with Crippen molar-refractivity contribution >= 4 is 21.8 Å². The lowest BCUT2D eigenvalue weighted by molar-refractivity contribution is -0.120. The number of amides is 1. The van der Waals surface area contributed by atoms with E-state index in [-0.39, 0.29) is 5.82 Å². The Bertz CT molecular complexity index is 426. The van der Waals surface area contributed by atoms with E-state index >= 15 is 0 Å². The molecule has 0 spiro atoms. The van der Waals surface area contributed by atoms with Gasteiger partial charge in [0.2, 0.25) is 5.91 Å². The standard InChI is InChI=1S/C12H17BrFN3O/c1-17(2)6-5-16-11(12(15)18)8-3-4-10(14)9(13)7-8/h3-4,7,11,16H,5-6H2,1-2H3,(H2,15,18). The molecule has 0 bridgehead atoms. The average Bonchev–Trinajstić information content (AvgIpc) is 2.27. The van der Waals surface area contributed by atoms with Crippen molar-refractivity contribution in [2.45, 2.75) is 6.04 Å². The largest absolute Gasteiger partial charge is 0.368 e. The molecule has 0 heterocycles. The Balaban J connectivity index is 2.78. The van der Waals surface area contributed by atoms with Crippen molar-refractivity contribution in [2.75, 3.05) is 27.2 Å². The number of carbonyl (C=O) groups is 1. The minimum absolute atomic E-state index is 0.320. The SMILES string of the molecule is CN(C)CCNC(C(N)=O)c1ccc(F)c(Br)c1. The van der Waals surface area contributed by atoms with Crippen LogP contribution in [0.25, 0.3) is 0 Å². The molecule has 1 aromatic carbocycles. The van der Waals surface area contributed by atoms with Crippen LogP contribution in [-0.4, -0.2) is 38.0 Å². The maximum absolute atomic E-state index is 13.1. The Morgan fingerprint density at radius 3 is 2.72 bits per heavy atom. The fourth-order valence-corrected chi connectivity index (χ4v) is 1.90. The zero-order valence-electron chi connectivity index (χ0n) is 10.4. The third-order valence-corrected chi connectivity index (χ3v) is 3.08. The van der Waals surface area contributed by atoms with E-state index in [1.165, 1.54) is 6.07 Å². The van der Waals surface area contributed by atoms with E-state index in [1.807, 2.05) is 19.0 Å². The lowest BCUT2D eigenvalue weighted by Crippen LogP contribution is -2.37. The molecule has 0 saturated heterocycles. The van der Waals surface area contributed by atoms with E-state index in [0.29, 0.717) is 16.6 Å². The molecular formula is C12H17BrFN3O. The first-order valence-electron chi connectivity index (χ1n) is 5.54. The van der Waals surface area contributed by atoms with Gasteiger partial charge in [0.25, 0.3) is 0 Å². The minimum Gasteiger partial charge on any atom is -0.368 e. The number of benzene rings is 1. The van der Waals surface area contributed by atoms with E-state index in [0.717, 1.165) is 6.54 Å². The highest BCUT2D eigenvalue weighted by atomic mass is 79.9. The average molecular weight is 318 g/mol. The van der Waals surface area contributed by atoms with Crippen LogP contribution < -0.4 is 11.1 Å². The van der Waals surface area contributed by atoms with E-state index in [9.17, 15) is 9.18 Å². The Hall–Kier alpha value is -0.980. The molecule has 3 N–H and O–H groups in total. The summed E-state index contributed by atoms with van der Waals surface area (Å²) in [6.07, 6.45) is 0. The molecule has 1 aromatic rings. The predicted octanol–water partition coefficient (Wildman–Crippen LogP) is 1.27. The second-order valence-corrected chi connectivity index (χ2v) is 5.12. The van der Waals surface area contributed by atoms with Gasteiger partial charge in [0.15, 0.2) is 0 Å². The topological polar surface area (TPSA) is 58.4 Å². The quantitative estimate of drug-likeness (QED) is 0.830. The Morgan fingerprint density at radius 2 is 2.22 bits per heavy atom. The van der Waals surface area contributed by atoms with Crippen LogP contribution in [0.4, 0.5) is 4.39 Å². The van der Waals surface area contributed by atoms with Gasteiger partial charge in [-0.3, -0.25) is 4.79 Å². The van der Waals surface area contributed by atoms with Crippen molar-refractivity contribution < 1.29 is 9.18 Å². The number of hydrogen-bond donors (Lipinski definition) is 2. The number of nitrogens with two attached hydrogens (primary N) is 1. The zero-order valence-corrected chi connectivity index (χ0v) is 12.0. The fraction of sp³-hybridized carbons (Fsp3) is 0.417. The summed E-state index contributed by atoms with van der Waals surface area (Å²) in [5.74, 6) is -0.845. The highest BCUT2D eigenvalue weighted by Crippen LogP contribution is 2.21. The number of rotatable bonds is 6. The Morgan fingerprint density at radius 1 is 1.56 bits per heavy atom. The monoisotopic (exact) mass is 317 g/mol. The minimum atomic E-state index is -0.609. The molecule has 1 unspecified atom stereocenters. The normalized spacial score (nSPS) is 12.7. The Labute approximate surface area is 114 Å². The summed E-state index contributed by atoms with van der Waals surface area (Å²) in [5, 5.41) is 3.05. The van der Waals surface area contributed by atoms with Crippen molar-refractivity contribution in [2.24, 2.45) is 5.73 Å². The number of nitrogens with zero attached hydrogens (tertiary/aromatic N) is 1. The van der Waals surface area contributed by atoms with Crippen LogP contribution in [0, 0.1) is 5.82 Å². The second-order valence-electron chi connectivity index (χ2n) is 4.27. The third kappa shape index (κ3) is 4.36. The van der Waals surface area contributed by atoms with Crippen LogP contribution >= 0.6 is 15.9 Å². The van der Waals surface area contributed by atoms with Gasteiger partial charge in [0.05, 0.1) is 4.47 Å². The van der Waals surface area contributed by atoms with Gasteiger partial charge in [-0.05, 0) is 47.7 Å². The molecule has 1 atom stereocenters. The van der Waals surface area contributed by atoms with Crippen LogP contribution in [-0.2, 0) is 4.79 Å². The molecule has 1 amide bonds. The molecule has 100 valence electrons. The fourth-order valence-electron chi connectivity index (χ4n) is 1.51. The Kier molecular flexibility index (Phi) is 5.71. The van der Waals surface area contributed by atoms with Gasteiger partial charge in [-0.1, -0.05) is 6.07 Å². The molecule has 0 radical (unpaired) electrons. The predicted molar refractivity (Wildman–Crippen MR) is 72.6 cm³/mol.